The molecular formula is C13H22N2O. The van der Waals surface area contributed by atoms with Crippen molar-refractivity contribution in [2.24, 2.45) is 0 Å². The van der Waals surface area contributed by atoms with Crippen LogP contribution in [0.5, 0.6) is 0 Å². The molecule has 0 spiro atoms. The highest BCUT2D eigenvalue weighted by Crippen LogP contribution is 2.14. The van der Waals surface area contributed by atoms with Crippen LogP contribution in [0.25, 0.3) is 0 Å². The smallest absolute Gasteiger partial charge is 0.223 e. The van der Waals surface area contributed by atoms with Gasteiger partial charge in [0.25, 0.3) is 0 Å². The summed E-state index contributed by atoms with van der Waals surface area (Å²) in [5.41, 5.74) is 0. The van der Waals surface area contributed by atoms with E-state index < -0.39 is 0 Å². The average Bonchev–Trinajstić information content (AvgIpc) is 2.34. The molecule has 90 valence electrons. The second kappa shape index (κ2) is 7.29. The van der Waals surface area contributed by atoms with Gasteiger partial charge in [0.2, 0.25) is 5.91 Å². The highest BCUT2D eigenvalue weighted by molar-refractivity contribution is 5.76. The van der Waals surface area contributed by atoms with Crippen LogP contribution in [0.4, 0.5) is 0 Å². The van der Waals surface area contributed by atoms with Gasteiger partial charge in [0.1, 0.15) is 0 Å². The van der Waals surface area contributed by atoms with Crippen LogP contribution >= 0.6 is 0 Å². The number of hydrogen-bond acceptors (Lipinski definition) is 2. The van der Waals surface area contributed by atoms with Crippen LogP contribution in [-0.2, 0) is 4.79 Å². The largest absolute Gasteiger partial charge is 0.340 e. The Balaban J connectivity index is 2.51. The van der Waals surface area contributed by atoms with Crippen molar-refractivity contribution in [3.05, 3.63) is 0 Å². The van der Waals surface area contributed by atoms with Crippen molar-refractivity contribution in [2.45, 2.75) is 45.1 Å². The second-order valence-corrected chi connectivity index (χ2v) is 4.27. The lowest BCUT2D eigenvalue weighted by Crippen LogP contribution is -2.46. The molecule has 1 fully saturated rings. The third-order valence-electron chi connectivity index (χ3n) is 3.02. The molecule has 0 saturated carbocycles. The lowest BCUT2D eigenvalue weighted by Gasteiger charge is -2.34. The van der Waals surface area contributed by atoms with Crippen LogP contribution in [0, 0.1) is 12.3 Å². The van der Waals surface area contributed by atoms with Gasteiger partial charge in [-0.15, -0.1) is 12.3 Å². The van der Waals surface area contributed by atoms with E-state index in [0.717, 1.165) is 38.9 Å². The summed E-state index contributed by atoms with van der Waals surface area (Å²) in [7, 11) is 0. The SMILES string of the molecule is C#CCCC(=O)N(CCC)C1CCNCC1. The van der Waals surface area contributed by atoms with Gasteiger partial charge in [0, 0.05) is 25.4 Å². The number of nitrogens with zero attached hydrogens (tertiary/aromatic N) is 1. The lowest BCUT2D eigenvalue weighted by atomic mass is 10.0. The first kappa shape index (κ1) is 13.1. The van der Waals surface area contributed by atoms with Gasteiger partial charge in [-0.2, -0.15) is 0 Å². The predicted octanol–water partition coefficient (Wildman–Crippen LogP) is 1.39. The second-order valence-electron chi connectivity index (χ2n) is 4.27. The Morgan fingerprint density at radius 1 is 1.50 bits per heavy atom. The van der Waals surface area contributed by atoms with Crippen LogP contribution in [0.3, 0.4) is 0 Å². The molecule has 0 aromatic carbocycles. The number of piperidine rings is 1. The van der Waals surface area contributed by atoms with Crippen molar-refractivity contribution in [2.75, 3.05) is 19.6 Å². The summed E-state index contributed by atoms with van der Waals surface area (Å²) >= 11 is 0. The van der Waals surface area contributed by atoms with E-state index in [2.05, 4.69) is 18.2 Å². The van der Waals surface area contributed by atoms with Crippen molar-refractivity contribution in [3.8, 4) is 12.3 Å². The minimum Gasteiger partial charge on any atom is -0.340 e. The van der Waals surface area contributed by atoms with Crippen LogP contribution in [0.2, 0.25) is 0 Å². The molecule has 1 N–H and O–H groups in total. The molecule has 1 aliphatic heterocycles. The van der Waals surface area contributed by atoms with Gasteiger partial charge in [0.05, 0.1) is 0 Å². The van der Waals surface area contributed by atoms with E-state index in [1.807, 2.05) is 4.90 Å². The first-order chi connectivity index (χ1) is 7.79. The van der Waals surface area contributed by atoms with E-state index in [9.17, 15) is 4.79 Å². The zero-order chi connectivity index (χ0) is 11.8. The van der Waals surface area contributed by atoms with Crippen molar-refractivity contribution < 1.29 is 4.79 Å². The summed E-state index contributed by atoms with van der Waals surface area (Å²) in [6.07, 6.45) is 9.42. The molecule has 0 aromatic heterocycles. The van der Waals surface area contributed by atoms with Gasteiger partial charge in [-0.25, -0.2) is 0 Å². The van der Waals surface area contributed by atoms with Gasteiger partial charge in [0.15, 0.2) is 0 Å². The highest BCUT2D eigenvalue weighted by atomic mass is 16.2. The van der Waals surface area contributed by atoms with Gasteiger partial charge < -0.3 is 10.2 Å². The maximum absolute atomic E-state index is 12.0. The van der Waals surface area contributed by atoms with Crippen LogP contribution in [0.15, 0.2) is 0 Å². The Morgan fingerprint density at radius 2 is 2.19 bits per heavy atom. The van der Waals surface area contributed by atoms with E-state index in [1.165, 1.54) is 0 Å². The summed E-state index contributed by atoms with van der Waals surface area (Å²) < 4.78 is 0. The minimum atomic E-state index is 0.228. The third-order valence-corrected chi connectivity index (χ3v) is 3.02. The molecule has 16 heavy (non-hydrogen) atoms. The standard InChI is InChI=1S/C13H22N2O/c1-3-5-6-13(16)15(11-4-2)12-7-9-14-10-8-12/h1,12,14H,4-11H2,2H3. The maximum Gasteiger partial charge on any atom is 0.223 e. The van der Waals surface area contributed by atoms with Gasteiger partial charge in [-0.1, -0.05) is 6.92 Å². The molecule has 1 rings (SSSR count). The number of rotatable bonds is 5. The number of amides is 1. The molecule has 0 aliphatic carbocycles. The summed E-state index contributed by atoms with van der Waals surface area (Å²) in [4.78, 5) is 14.0. The van der Waals surface area contributed by atoms with Gasteiger partial charge >= 0.3 is 0 Å². The molecule has 3 heteroatoms. The molecule has 3 nitrogen and oxygen atoms in total. The molecule has 0 aromatic rings. The number of carbonyl (C=O) groups excluding carboxylic acids is 1. The summed E-state index contributed by atoms with van der Waals surface area (Å²) in [5.74, 6) is 2.77. The number of hydrogen-bond donors (Lipinski definition) is 1. The first-order valence-electron chi connectivity index (χ1n) is 6.23. The Morgan fingerprint density at radius 3 is 2.75 bits per heavy atom. The molecule has 1 heterocycles. The normalized spacial score (nSPS) is 16.8. The lowest BCUT2D eigenvalue weighted by molar-refractivity contribution is -0.134. The average molecular weight is 222 g/mol. The number of carbonyl (C=O) groups is 1. The molecule has 0 radical (unpaired) electrons. The fourth-order valence-electron chi connectivity index (χ4n) is 2.19. The molecule has 0 bridgehead atoms. The van der Waals surface area contributed by atoms with E-state index in [0.29, 0.717) is 18.9 Å². The molecule has 0 atom stereocenters. The minimum absolute atomic E-state index is 0.228. The van der Waals surface area contributed by atoms with E-state index in [-0.39, 0.29) is 5.91 Å². The Bertz CT molecular complexity index is 251. The van der Waals surface area contributed by atoms with Gasteiger partial charge in [-0.05, 0) is 32.4 Å². The van der Waals surface area contributed by atoms with Gasteiger partial charge in [-0.3, -0.25) is 4.79 Å². The topological polar surface area (TPSA) is 32.3 Å². The van der Waals surface area contributed by atoms with Crippen molar-refractivity contribution >= 4 is 5.91 Å². The highest BCUT2D eigenvalue weighted by Gasteiger charge is 2.23. The molecule has 1 amide bonds. The van der Waals surface area contributed by atoms with Crippen molar-refractivity contribution in [1.82, 2.24) is 10.2 Å². The predicted molar refractivity (Wildman–Crippen MR) is 66.0 cm³/mol. The summed E-state index contributed by atoms with van der Waals surface area (Å²) in [6, 6.07) is 0.423. The van der Waals surface area contributed by atoms with E-state index in [1.54, 1.807) is 0 Å². The summed E-state index contributed by atoms with van der Waals surface area (Å²) in [5, 5.41) is 3.32. The number of nitrogens with one attached hydrogen (secondary N) is 1. The van der Waals surface area contributed by atoms with E-state index >= 15 is 0 Å². The van der Waals surface area contributed by atoms with Crippen LogP contribution < -0.4 is 5.32 Å². The van der Waals surface area contributed by atoms with Crippen molar-refractivity contribution in [1.29, 1.82) is 0 Å². The zero-order valence-electron chi connectivity index (χ0n) is 10.2. The van der Waals surface area contributed by atoms with Crippen LogP contribution in [0.1, 0.15) is 39.0 Å². The monoisotopic (exact) mass is 222 g/mol. The molecular weight excluding hydrogens is 200 g/mol. The first-order valence-corrected chi connectivity index (χ1v) is 6.23. The molecule has 1 aliphatic rings. The van der Waals surface area contributed by atoms with Crippen molar-refractivity contribution in [3.63, 3.8) is 0 Å². The molecule has 0 unspecified atom stereocenters. The maximum atomic E-state index is 12.0. The molecule has 1 saturated heterocycles. The fourth-order valence-corrected chi connectivity index (χ4v) is 2.19. The quantitative estimate of drug-likeness (QED) is 0.713. The van der Waals surface area contributed by atoms with E-state index in [4.69, 9.17) is 6.42 Å². The fraction of sp³-hybridized carbons (Fsp3) is 0.769. The zero-order valence-corrected chi connectivity index (χ0v) is 10.2. The van der Waals surface area contributed by atoms with Crippen LogP contribution in [-0.4, -0.2) is 36.5 Å². The Kier molecular flexibility index (Phi) is 5.95. The Labute approximate surface area is 98.6 Å². The third kappa shape index (κ3) is 3.86. The Hall–Kier alpha value is -1.01. The number of terminal acetylenes is 1. The summed E-state index contributed by atoms with van der Waals surface area (Å²) in [6.45, 7) is 5.03.